The van der Waals surface area contributed by atoms with Gasteiger partial charge in [-0.15, -0.1) is 0 Å². The molecule has 0 amide bonds. The number of halogens is 3. The van der Waals surface area contributed by atoms with Gasteiger partial charge in [-0.25, -0.2) is 8.42 Å². The summed E-state index contributed by atoms with van der Waals surface area (Å²) in [6, 6.07) is 30.1. The van der Waals surface area contributed by atoms with Crippen molar-refractivity contribution in [2.75, 3.05) is 24.6 Å². The maximum absolute atomic E-state index is 13.6. The fraction of sp³-hybridized carbons (Fsp3) is 0.368. The Hall–Kier alpha value is -3.84. The first-order chi connectivity index (χ1) is 23.8. The minimum Gasteiger partial charge on any atom is -0.497 e. The van der Waals surface area contributed by atoms with Gasteiger partial charge in [0.25, 0.3) is 0 Å². The normalized spacial score (nSPS) is 13.4. The molecule has 0 radical (unpaired) electrons. The molecule has 12 heteroatoms. The van der Waals surface area contributed by atoms with E-state index < -0.39 is 36.2 Å². The van der Waals surface area contributed by atoms with Gasteiger partial charge in [0, 0.05) is 12.6 Å². The van der Waals surface area contributed by atoms with E-state index in [9.17, 15) is 21.6 Å². The number of alkyl halides is 3. The van der Waals surface area contributed by atoms with Crippen molar-refractivity contribution in [1.29, 1.82) is 0 Å². The molecule has 0 fully saturated rings. The summed E-state index contributed by atoms with van der Waals surface area (Å²) in [7, 11) is -4.30. The third kappa shape index (κ3) is 11.1. The van der Waals surface area contributed by atoms with Gasteiger partial charge in [-0.05, 0) is 77.1 Å². The number of ether oxygens (including phenoxy) is 2. The third-order valence-electron chi connectivity index (χ3n) is 9.00. The van der Waals surface area contributed by atoms with Crippen LogP contribution >= 0.6 is 0 Å². The van der Waals surface area contributed by atoms with Gasteiger partial charge in [-0.2, -0.15) is 13.2 Å². The maximum atomic E-state index is 13.6. The van der Waals surface area contributed by atoms with Gasteiger partial charge < -0.3 is 19.2 Å². The van der Waals surface area contributed by atoms with E-state index in [-0.39, 0.29) is 19.1 Å². The molecular formula is C38H47F3N2O5SSi. The second kappa shape index (κ2) is 17.4. The average Bonchev–Trinajstić information content (AvgIpc) is 3.10. The highest BCUT2D eigenvalue weighted by molar-refractivity contribution is 7.92. The lowest BCUT2D eigenvalue weighted by Gasteiger charge is -2.35. The molecule has 0 aromatic heterocycles. The van der Waals surface area contributed by atoms with Crippen molar-refractivity contribution >= 4 is 24.0 Å². The second-order valence-corrected chi connectivity index (χ2v) is 18.9. The van der Waals surface area contributed by atoms with Crippen LogP contribution in [0.3, 0.4) is 0 Å². The predicted octanol–water partition coefficient (Wildman–Crippen LogP) is 9.30. The minimum absolute atomic E-state index is 0.247. The number of hydrogen-bond donors (Lipinski definition) is 2. The Morgan fingerprint density at radius 2 is 1.44 bits per heavy atom. The predicted molar refractivity (Wildman–Crippen MR) is 196 cm³/mol. The van der Waals surface area contributed by atoms with Gasteiger partial charge >= 0.3 is 6.18 Å². The van der Waals surface area contributed by atoms with Gasteiger partial charge in [0.05, 0.1) is 30.7 Å². The molecule has 1 unspecified atom stereocenters. The van der Waals surface area contributed by atoms with Crippen molar-refractivity contribution in [3.8, 4) is 11.5 Å². The fourth-order valence-corrected chi connectivity index (χ4v) is 9.30. The molecular weight excluding hydrogens is 682 g/mol. The molecule has 4 aromatic rings. The van der Waals surface area contributed by atoms with E-state index >= 15 is 0 Å². The molecule has 4 aromatic carbocycles. The third-order valence-corrected chi connectivity index (χ3v) is 14.2. The van der Waals surface area contributed by atoms with E-state index in [1.165, 1.54) is 12.1 Å². The molecule has 0 spiro atoms. The lowest BCUT2D eigenvalue weighted by molar-refractivity contribution is -0.137. The number of rotatable bonds is 18. The van der Waals surface area contributed by atoms with Gasteiger partial charge in [-0.3, -0.25) is 4.72 Å². The van der Waals surface area contributed by atoms with Crippen molar-refractivity contribution in [2.45, 2.75) is 70.3 Å². The lowest BCUT2D eigenvalue weighted by atomic mass is 9.97. The quantitative estimate of drug-likeness (QED) is 0.0994. The number of anilines is 1. The number of benzene rings is 4. The summed E-state index contributed by atoms with van der Waals surface area (Å²) in [6.07, 6.45) is -3.58. The molecule has 270 valence electrons. The summed E-state index contributed by atoms with van der Waals surface area (Å²) in [5.41, 5.74) is 2.68. The van der Waals surface area contributed by atoms with Gasteiger partial charge in [0.1, 0.15) is 18.1 Å². The van der Waals surface area contributed by atoms with Crippen LogP contribution in [0.1, 0.15) is 60.7 Å². The Kier molecular flexibility index (Phi) is 13.5. The molecule has 2 N–H and O–H groups in total. The monoisotopic (exact) mass is 728 g/mol. The highest BCUT2D eigenvalue weighted by Gasteiger charge is 2.34. The SMILES string of the molecule is CC[Si](CC)(CC)O[C@@H](CNC(Cc1cccc(C(F)(F)F)c1)c1ccc(OC)cc1)c1ccc(OCc2ccccc2)c(NS(C)(=O)=O)c1. The molecule has 0 saturated carbocycles. The number of nitrogens with one attached hydrogen (secondary N) is 2. The zero-order valence-electron chi connectivity index (χ0n) is 29.2. The average molecular weight is 729 g/mol. The van der Waals surface area contributed by atoms with Gasteiger partial charge in [0.15, 0.2) is 8.32 Å². The van der Waals surface area contributed by atoms with E-state index in [4.69, 9.17) is 13.9 Å². The first-order valence-electron chi connectivity index (χ1n) is 16.8. The summed E-state index contributed by atoms with van der Waals surface area (Å²) >= 11 is 0. The summed E-state index contributed by atoms with van der Waals surface area (Å²) in [5.74, 6) is 1.04. The molecule has 0 aliphatic carbocycles. The zero-order chi connectivity index (χ0) is 36.4. The van der Waals surface area contributed by atoms with E-state index in [1.54, 1.807) is 25.3 Å². The van der Waals surface area contributed by atoms with Gasteiger partial charge in [-0.1, -0.05) is 87.5 Å². The number of hydrogen-bond acceptors (Lipinski definition) is 6. The van der Waals surface area contributed by atoms with Crippen LogP contribution in [0.5, 0.6) is 11.5 Å². The number of sulfonamides is 1. The Morgan fingerprint density at radius 3 is 2.04 bits per heavy atom. The Bertz CT molecular complexity index is 1760. The van der Waals surface area contributed by atoms with E-state index in [2.05, 4.69) is 30.8 Å². The molecule has 4 rings (SSSR count). The summed E-state index contributed by atoms with van der Waals surface area (Å²) in [5, 5.41) is 3.61. The fourth-order valence-electron chi connectivity index (χ4n) is 5.92. The molecule has 7 nitrogen and oxygen atoms in total. The highest BCUT2D eigenvalue weighted by Crippen LogP contribution is 2.36. The van der Waals surface area contributed by atoms with Crippen LogP contribution < -0.4 is 19.5 Å². The maximum Gasteiger partial charge on any atom is 0.416 e. The Balaban J connectivity index is 1.71. The molecule has 0 heterocycles. The van der Waals surface area contributed by atoms with Crippen molar-refractivity contribution in [3.05, 3.63) is 125 Å². The van der Waals surface area contributed by atoms with Crippen LogP contribution in [0.4, 0.5) is 18.9 Å². The molecule has 0 bridgehead atoms. The van der Waals surface area contributed by atoms with Crippen molar-refractivity contribution in [1.82, 2.24) is 5.32 Å². The first kappa shape index (κ1) is 39.0. The van der Waals surface area contributed by atoms with Gasteiger partial charge in [0.2, 0.25) is 10.0 Å². The van der Waals surface area contributed by atoms with Crippen LogP contribution in [0.15, 0.2) is 97.1 Å². The summed E-state index contributed by atoms with van der Waals surface area (Å²) < 4.78 is 86.9. The molecule has 0 saturated heterocycles. The molecule has 0 aliphatic rings. The van der Waals surface area contributed by atoms with E-state index in [0.29, 0.717) is 29.3 Å². The Morgan fingerprint density at radius 1 is 0.800 bits per heavy atom. The first-order valence-corrected chi connectivity index (χ1v) is 21.2. The number of methoxy groups -OCH3 is 1. The van der Waals surface area contributed by atoms with E-state index in [0.717, 1.165) is 47.1 Å². The van der Waals surface area contributed by atoms with Crippen molar-refractivity contribution in [2.24, 2.45) is 0 Å². The van der Waals surface area contributed by atoms with Crippen LogP contribution in [0.25, 0.3) is 0 Å². The lowest BCUT2D eigenvalue weighted by Crippen LogP contribution is -2.40. The van der Waals surface area contributed by atoms with Crippen LogP contribution in [-0.4, -0.2) is 36.6 Å². The highest BCUT2D eigenvalue weighted by atomic mass is 32.2. The summed E-state index contributed by atoms with van der Waals surface area (Å²) in [6.45, 7) is 6.96. The van der Waals surface area contributed by atoms with Crippen LogP contribution in [-0.2, 0) is 33.7 Å². The standard InChI is InChI=1S/C38H47F3N2O5SSi/c1-6-50(7-2,8-3)48-37(31-19-22-36(35(25-31)43-49(5,44)45)47-27-28-13-10-9-11-14-28)26-42-34(30-17-20-33(46-4)21-18-30)24-29-15-12-16-32(23-29)38(39,40)41/h9-23,25,34,37,42-43H,6-8,24,26-27H2,1-5H3/t34?,37-/m0/s1. The molecule has 50 heavy (non-hydrogen) atoms. The zero-order valence-corrected chi connectivity index (χ0v) is 31.0. The largest absolute Gasteiger partial charge is 0.497 e. The minimum atomic E-state index is -4.46. The smallest absolute Gasteiger partial charge is 0.416 e. The molecule has 0 aliphatic heterocycles. The van der Waals surface area contributed by atoms with Crippen LogP contribution in [0.2, 0.25) is 18.1 Å². The van der Waals surface area contributed by atoms with Crippen molar-refractivity contribution in [3.63, 3.8) is 0 Å². The summed E-state index contributed by atoms with van der Waals surface area (Å²) in [4.78, 5) is 0. The van der Waals surface area contributed by atoms with E-state index in [1.807, 2.05) is 60.7 Å². The van der Waals surface area contributed by atoms with Crippen molar-refractivity contribution < 1.29 is 35.5 Å². The van der Waals surface area contributed by atoms with Crippen LogP contribution in [0, 0.1) is 0 Å². The second-order valence-electron chi connectivity index (χ2n) is 12.4. The topological polar surface area (TPSA) is 85.9 Å². The molecule has 2 atom stereocenters. The Labute approximate surface area is 295 Å².